The van der Waals surface area contributed by atoms with E-state index in [1.54, 1.807) is 4.90 Å². The largest absolute Gasteiger partial charge is 0.465 e. The van der Waals surface area contributed by atoms with Crippen LogP contribution in [-0.2, 0) is 18.9 Å². The number of ether oxygens (including phenoxy) is 4. The predicted molar refractivity (Wildman–Crippen MR) is 93.2 cm³/mol. The molecule has 0 N–H and O–H groups in total. The van der Waals surface area contributed by atoms with E-state index >= 15 is 0 Å². The van der Waals surface area contributed by atoms with Gasteiger partial charge in [0.05, 0.1) is 56.4 Å². The van der Waals surface area contributed by atoms with Crippen molar-refractivity contribution in [2.24, 2.45) is 0 Å². The Morgan fingerprint density at radius 3 is 1.41 bits per heavy atom. The molecule has 0 radical (unpaired) electrons. The molecule has 0 spiro atoms. The molecule has 2 rings (SSSR count). The van der Waals surface area contributed by atoms with E-state index in [0.29, 0.717) is 13.1 Å². The van der Waals surface area contributed by atoms with Crippen LogP contribution in [0.5, 0.6) is 0 Å². The van der Waals surface area contributed by atoms with Gasteiger partial charge in [-0.2, -0.15) is 0 Å². The average molecular weight is 379 g/mol. The van der Waals surface area contributed by atoms with Crippen LogP contribution in [0, 0.1) is 0 Å². The van der Waals surface area contributed by atoms with Crippen LogP contribution in [0.25, 0.3) is 0 Å². The lowest BCUT2D eigenvalue weighted by Gasteiger charge is -2.26. The molecule has 9 nitrogen and oxygen atoms in total. The average Bonchev–Trinajstić information content (AvgIpc) is 3.24. The van der Waals surface area contributed by atoms with Crippen molar-refractivity contribution in [2.75, 3.05) is 46.4 Å². The minimum Gasteiger partial charge on any atom is -0.465 e. The molecule has 0 atom stereocenters. The summed E-state index contributed by atoms with van der Waals surface area (Å²) in [6.45, 7) is 1.05. The number of benzene rings is 1. The standard InChI is InChI=1S/C18H21NO8/c1-24-15(20)10-9-11(16(21)25-2)13(18(23)27-4)14(12(10)17(22)26-3)19-7-5-6-8-19/h9H,5-8H2,1-4H3. The van der Waals surface area contributed by atoms with Crippen molar-refractivity contribution in [3.63, 3.8) is 0 Å². The maximum absolute atomic E-state index is 12.5. The number of esters is 4. The highest BCUT2D eigenvalue weighted by Crippen LogP contribution is 2.36. The minimum atomic E-state index is -0.850. The molecular weight excluding hydrogens is 358 g/mol. The zero-order valence-corrected chi connectivity index (χ0v) is 15.6. The third kappa shape index (κ3) is 3.71. The van der Waals surface area contributed by atoms with Gasteiger partial charge in [0.25, 0.3) is 0 Å². The lowest BCUT2D eigenvalue weighted by molar-refractivity contribution is 0.0541. The first-order valence-corrected chi connectivity index (χ1v) is 8.20. The van der Waals surface area contributed by atoms with Gasteiger partial charge in [-0.05, 0) is 18.9 Å². The van der Waals surface area contributed by atoms with E-state index in [9.17, 15) is 19.2 Å². The molecule has 1 aromatic carbocycles. The molecule has 1 aliphatic heterocycles. The fraction of sp³-hybridized carbons (Fsp3) is 0.444. The van der Waals surface area contributed by atoms with E-state index in [-0.39, 0.29) is 27.9 Å². The van der Waals surface area contributed by atoms with Gasteiger partial charge in [-0.15, -0.1) is 0 Å². The SMILES string of the molecule is COC(=O)c1cc(C(=O)OC)c(C(=O)OC)c(N2CCCC2)c1C(=O)OC. The van der Waals surface area contributed by atoms with Crippen LogP contribution in [-0.4, -0.2) is 65.4 Å². The Bertz CT molecular complexity index is 726. The third-order valence-electron chi connectivity index (χ3n) is 4.31. The summed E-state index contributed by atoms with van der Waals surface area (Å²) in [5, 5.41) is 0. The van der Waals surface area contributed by atoms with E-state index in [0.717, 1.165) is 47.3 Å². The molecule has 146 valence electrons. The summed E-state index contributed by atoms with van der Waals surface area (Å²) in [5.41, 5.74) is -0.591. The van der Waals surface area contributed by atoms with Crippen molar-refractivity contribution < 1.29 is 38.1 Å². The molecule has 0 bridgehead atoms. The number of rotatable bonds is 5. The zero-order chi connectivity index (χ0) is 20.1. The monoisotopic (exact) mass is 379 g/mol. The smallest absolute Gasteiger partial charge is 0.340 e. The van der Waals surface area contributed by atoms with E-state index in [1.807, 2.05) is 0 Å². The van der Waals surface area contributed by atoms with Gasteiger partial charge in [0.2, 0.25) is 0 Å². The van der Waals surface area contributed by atoms with Gasteiger partial charge in [-0.25, -0.2) is 19.2 Å². The molecule has 9 heteroatoms. The number of carbonyl (C=O) groups is 4. The van der Waals surface area contributed by atoms with Crippen LogP contribution in [0.4, 0.5) is 5.69 Å². The second-order valence-corrected chi connectivity index (χ2v) is 5.73. The molecule has 1 aliphatic rings. The summed E-state index contributed by atoms with van der Waals surface area (Å²) in [5.74, 6) is -3.37. The fourth-order valence-corrected chi connectivity index (χ4v) is 3.09. The Balaban J connectivity index is 2.98. The van der Waals surface area contributed by atoms with Crippen molar-refractivity contribution in [1.82, 2.24) is 0 Å². The van der Waals surface area contributed by atoms with Gasteiger partial charge >= 0.3 is 23.9 Å². The molecular formula is C18H21NO8. The summed E-state index contributed by atoms with van der Waals surface area (Å²) >= 11 is 0. The molecule has 0 aliphatic carbocycles. The normalized spacial score (nSPS) is 13.1. The van der Waals surface area contributed by atoms with E-state index in [1.165, 1.54) is 0 Å². The van der Waals surface area contributed by atoms with Gasteiger partial charge in [-0.3, -0.25) is 0 Å². The van der Waals surface area contributed by atoms with Crippen LogP contribution < -0.4 is 4.90 Å². The highest BCUT2D eigenvalue weighted by atomic mass is 16.5. The number of methoxy groups -OCH3 is 4. The second-order valence-electron chi connectivity index (χ2n) is 5.73. The molecule has 1 aromatic rings. The summed E-state index contributed by atoms with van der Waals surface area (Å²) in [6, 6.07) is 1.09. The maximum atomic E-state index is 12.5. The Morgan fingerprint density at radius 2 is 1.07 bits per heavy atom. The Labute approximate surface area is 156 Å². The van der Waals surface area contributed by atoms with E-state index in [2.05, 4.69) is 0 Å². The molecule has 0 aromatic heterocycles. The first-order chi connectivity index (χ1) is 12.9. The fourth-order valence-electron chi connectivity index (χ4n) is 3.09. The summed E-state index contributed by atoms with van der Waals surface area (Å²) in [4.78, 5) is 51.4. The summed E-state index contributed by atoms with van der Waals surface area (Å²) < 4.78 is 19.2. The molecule has 0 unspecified atom stereocenters. The van der Waals surface area contributed by atoms with Gasteiger partial charge in [0, 0.05) is 13.1 Å². The molecule has 1 saturated heterocycles. The number of hydrogen-bond acceptors (Lipinski definition) is 9. The van der Waals surface area contributed by atoms with Gasteiger partial charge in [0.1, 0.15) is 0 Å². The van der Waals surface area contributed by atoms with E-state index < -0.39 is 23.9 Å². The van der Waals surface area contributed by atoms with Crippen molar-refractivity contribution in [3.8, 4) is 0 Å². The lowest BCUT2D eigenvalue weighted by Crippen LogP contribution is -2.28. The molecule has 0 saturated carbocycles. The van der Waals surface area contributed by atoms with E-state index in [4.69, 9.17) is 18.9 Å². The quantitative estimate of drug-likeness (QED) is 0.554. The molecule has 1 fully saturated rings. The van der Waals surface area contributed by atoms with Crippen LogP contribution in [0.15, 0.2) is 6.07 Å². The highest BCUT2D eigenvalue weighted by molar-refractivity contribution is 6.16. The molecule has 1 heterocycles. The van der Waals surface area contributed by atoms with Crippen LogP contribution in [0.1, 0.15) is 54.3 Å². The number of hydrogen-bond donors (Lipinski definition) is 0. The predicted octanol–water partition coefficient (Wildman–Crippen LogP) is 1.43. The Morgan fingerprint density at radius 1 is 0.704 bits per heavy atom. The minimum absolute atomic E-state index is 0.106. The first-order valence-electron chi connectivity index (χ1n) is 8.20. The third-order valence-corrected chi connectivity index (χ3v) is 4.31. The number of carbonyl (C=O) groups excluding carboxylic acids is 4. The maximum Gasteiger partial charge on any atom is 0.340 e. The summed E-state index contributed by atoms with van der Waals surface area (Å²) in [6.07, 6.45) is 1.63. The van der Waals surface area contributed by atoms with Crippen molar-refractivity contribution in [3.05, 3.63) is 28.3 Å². The Hall–Kier alpha value is -3.10. The molecule has 0 amide bonds. The highest BCUT2D eigenvalue weighted by Gasteiger charge is 2.36. The van der Waals surface area contributed by atoms with Crippen molar-refractivity contribution in [1.29, 1.82) is 0 Å². The summed E-state index contributed by atoms with van der Waals surface area (Å²) in [7, 11) is 4.60. The zero-order valence-electron chi connectivity index (χ0n) is 15.6. The Kier molecular flexibility index (Phi) is 6.38. The lowest BCUT2D eigenvalue weighted by atomic mass is 9.94. The second kappa shape index (κ2) is 8.52. The van der Waals surface area contributed by atoms with Crippen LogP contribution >= 0.6 is 0 Å². The van der Waals surface area contributed by atoms with Gasteiger partial charge in [0.15, 0.2) is 0 Å². The number of anilines is 1. The van der Waals surface area contributed by atoms with Crippen LogP contribution in [0.3, 0.4) is 0 Å². The van der Waals surface area contributed by atoms with Gasteiger partial charge < -0.3 is 23.8 Å². The van der Waals surface area contributed by atoms with Crippen LogP contribution in [0.2, 0.25) is 0 Å². The van der Waals surface area contributed by atoms with Crippen molar-refractivity contribution >= 4 is 29.6 Å². The topological polar surface area (TPSA) is 108 Å². The van der Waals surface area contributed by atoms with Crippen molar-refractivity contribution in [2.45, 2.75) is 12.8 Å². The van der Waals surface area contributed by atoms with Gasteiger partial charge in [-0.1, -0.05) is 0 Å². The first kappa shape index (κ1) is 20.2. The number of nitrogens with zero attached hydrogens (tertiary/aromatic N) is 1. The molecule has 27 heavy (non-hydrogen) atoms.